The Morgan fingerprint density at radius 3 is 2.31 bits per heavy atom. The molecule has 1 atom stereocenters. The molecule has 0 bridgehead atoms. The number of methoxy groups -OCH3 is 1. The van der Waals surface area contributed by atoms with Gasteiger partial charge < -0.3 is 29.6 Å². The Bertz CT molecular complexity index is 1760. The van der Waals surface area contributed by atoms with Gasteiger partial charge in [0.05, 0.1) is 26.5 Å². The highest BCUT2D eigenvalue weighted by Gasteiger charge is 2.26. The van der Waals surface area contributed by atoms with Crippen LogP contribution in [0.2, 0.25) is 0 Å². The highest BCUT2D eigenvalue weighted by molar-refractivity contribution is 5.97. The molecule has 0 saturated heterocycles. The van der Waals surface area contributed by atoms with Crippen molar-refractivity contribution in [3.8, 4) is 17.7 Å². The highest BCUT2D eigenvalue weighted by Crippen LogP contribution is 2.29. The number of ether oxygens (including phenoxy) is 3. The Morgan fingerprint density at radius 2 is 1.69 bits per heavy atom. The van der Waals surface area contributed by atoms with E-state index < -0.39 is 29.3 Å². The summed E-state index contributed by atoms with van der Waals surface area (Å²) in [6, 6.07) is 15.2. The van der Waals surface area contributed by atoms with Gasteiger partial charge in [0.25, 0.3) is 5.91 Å². The van der Waals surface area contributed by atoms with Crippen molar-refractivity contribution in [1.82, 2.24) is 15.3 Å². The Hall–Kier alpha value is -5.97. The average Bonchev–Trinajstić information content (AvgIpc) is 3.12. The molecule has 0 saturated carbocycles. The smallest absolute Gasteiger partial charge is 0.328 e. The third-order valence-electron chi connectivity index (χ3n) is 7.40. The molecule has 14 heteroatoms. The number of oxime groups is 1. The van der Waals surface area contributed by atoms with Crippen molar-refractivity contribution in [2.24, 2.45) is 10.6 Å². The molecule has 1 aromatic heterocycles. The standard InChI is InChI=1S/C38H46N6O8/c1-7-51-31(45)22-21-30(35(47)52-8-2)40-33(46)28-19-17-26(18-20-28)14-12-13-23-44(25-27-15-10-9-11-16-27)32-29(24-39-49)34(50-6)42-37(41-32)43-36(48)38(3,4)5/h9-11,15-20,24,30,49H,7-8,13,21-23,25H2,1-6H3,(H,40,46)(H,41,42,43,48)/b39-24+/t30-/m0/s1. The first kappa shape index (κ1) is 40.5. The molecule has 0 spiro atoms. The predicted molar refractivity (Wildman–Crippen MR) is 195 cm³/mol. The second-order valence-electron chi connectivity index (χ2n) is 12.4. The largest absolute Gasteiger partial charge is 0.480 e. The number of nitrogens with zero attached hydrogens (tertiary/aromatic N) is 4. The molecule has 3 N–H and O–H groups in total. The maximum Gasteiger partial charge on any atom is 0.328 e. The number of aromatic nitrogens is 2. The molecular weight excluding hydrogens is 668 g/mol. The van der Waals surface area contributed by atoms with E-state index in [-0.39, 0.29) is 43.8 Å². The summed E-state index contributed by atoms with van der Waals surface area (Å²) in [6.07, 6.45) is 1.55. The molecule has 0 aliphatic carbocycles. The van der Waals surface area contributed by atoms with Crippen molar-refractivity contribution < 1.29 is 38.6 Å². The van der Waals surface area contributed by atoms with Crippen LogP contribution in [0.15, 0.2) is 59.8 Å². The Balaban J connectivity index is 1.82. The summed E-state index contributed by atoms with van der Waals surface area (Å²) in [5, 5.41) is 18.1. The van der Waals surface area contributed by atoms with Crippen LogP contribution in [0.1, 0.15) is 80.9 Å². The molecule has 2 aromatic carbocycles. The van der Waals surface area contributed by atoms with Gasteiger partial charge in [-0.15, -0.1) is 0 Å². The van der Waals surface area contributed by atoms with Crippen LogP contribution in [0.4, 0.5) is 11.8 Å². The molecule has 0 fully saturated rings. The topological polar surface area (TPSA) is 182 Å². The third kappa shape index (κ3) is 12.4. The molecule has 52 heavy (non-hydrogen) atoms. The molecular formula is C38H46N6O8. The monoisotopic (exact) mass is 714 g/mol. The number of carbonyl (C=O) groups excluding carboxylic acids is 4. The van der Waals surface area contributed by atoms with Crippen LogP contribution in [0, 0.1) is 17.3 Å². The zero-order valence-electron chi connectivity index (χ0n) is 30.4. The fourth-order valence-corrected chi connectivity index (χ4v) is 4.70. The van der Waals surface area contributed by atoms with Gasteiger partial charge >= 0.3 is 11.9 Å². The lowest BCUT2D eigenvalue weighted by Gasteiger charge is -2.26. The van der Waals surface area contributed by atoms with Crippen LogP contribution in [0.5, 0.6) is 5.88 Å². The molecule has 14 nitrogen and oxygen atoms in total. The molecule has 0 radical (unpaired) electrons. The van der Waals surface area contributed by atoms with E-state index in [1.165, 1.54) is 13.3 Å². The van der Waals surface area contributed by atoms with Gasteiger partial charge in [-0.2, -0.15) is 9.97 Å². The maximum absolute atomic E-state index is 13.0. The number of hydrogen-bond donors (Lipinski definition) is 3. The van der Waals surface area contributed by atoms with Crippen LogP contribution < -0.4 is 20.3 Å². The minimum absolute atomic E-state index is 0.0303. The first-order valence-corrected chi connectivity index (χ1v) is 16.9. The third-order valence-corrected chi connectivity index (χ3v) is 7.40. The molecule has 0 unspecified atom stereocenters. The summed E-state index contributed by atoms with van der Waals surface area (Å²) < 4.78 is 15.5. The Labute approximate surface area is 304 Å². The average molecular weight is 715 g/mol. The van der Waals surface area contributed by atoms with E-state index in [0.29, 0.717) is 42.0 Å². The summed E-state index contributed by atoms with van der Waals surface area (Å²) in [5.74, 6) is 4.86. The van der Waals surface area contributed by atoms with E-state index in [4.69, 9.17) is 14.2 Å². The zero-order chi connectivity index (χ0) is 38.1. The van der Waals surface area contributed by atoms with Gasteiger partial charge in [0, 0.05) is 42.5 Å². The SMILES string of the molecule is CCOC(=O)CC[C@H](NC(=O)c1ccc(C#CCCN(Cc2ccccc2)c2nc(NC(=O)C(C)(C)C)nc(OC)c2/C=N/O)cc1)C(=O)OCC. The molecule has 0 aliphatic heterocycles. The number of benzene rings is 2. The molecule has 0 aliphatic rings. The quantitative estimate of drug-likeness (QED) is 0.0614. The fraction of sp³-hybridized carbons (Fsp3) is 0.395. The number of nitrogens with one attached hydrogen (secondary N) is 2. The van der Waals surface area contributed by atoms with Crippen LogP contribution >= 0.6 is 0 Å². The van der Waals surface area contributed by atoms with Crippen molar-refractivity contribution in [2.75, 3.05) is 37.1 Å². The van der Waals surface area contributed by atoms with Crippen molar-refractivity contribution in [2.45, 2.75) is 66.5 Å². The first-order valence-electron chi connectivity index (χ1n) is 16.9. The lowest BCUT2D eigenvalue weighted by atomic mass is 9.96. The molecule has 3 rings (SSSR count). The predicted octanol–water partition coefficient (Wildman–Crippen LogP) is 4.73. The van der Waals surface area contributed by atoms with E-state index in [9.17, 15) is 24.4 Å². The van der Waals surface area contributed by atoms with Crippen LogP contribution in [0.25, 0.3) is 0 Å². The Kier molecular flexibility index (Phi) is 15.6. The maximum atomic E-state index is 13.0. The number of anilines is 2. The summed E-state index contributed by atoms with van der Waals surface area (Å²) in [4.78, 5) is 60.9. The minimum Gasteiger partial charge on any atom is -0.480 e. The number of hydrogen-bond acceptors (Lipinski definition) is 12. The molecule has 1 heterocycles. The van der Waals surface area contributed by atoms with Crippen molar-refractivity contribution >= 4 is 41.7 Å². The van der Waals surface area contributed by atoms with Gasteiger partial charge in [-0.25, -0.2) is 4.79 Å². The van der Waals surface area contributed by atoms with Crippen LogP contribution in [0.3, 0.4) is 0 Å². The van der Waals surface area contributed by atoms with Gasteiger partial charge in [0.15, 0.2) is 0 Å². The lowest BCUT2D eigenvalue weighted by molar-refractivity contribution is -0.146. The van der Waals surface area contributed by atoms with Gasteiger partial charge in [0.2, 0.25) is 17.7 Å². The number of rotatable bonds is 16. The fourth-order valence-electron chi connectivity index (χ4n) is 4.70. The minimum atomic E-state index is -1.01. The lowest BCUT2D eigenvalue weighted by Crippen LogP contribution is -2.42. The summed E-state index contributed by atoms with van der Waals surface area (Å²) in [6.45, 7) is 9.78. The van der Waals surface area contributed by atoms with E-state index in [1.54, 1.807) is 58.9 Å². The van der Waals surface area contributed by atoms with E-state index in [0.717, 1.165) is 5.56 Å². The molecule has 3 aromatic rings. The van der Waals surface area contributed by atoms with E-state index >= 15 is 0 Å². The Morgan fingerprint density at radius 1 is 1.00 bits per heavy atom. The van der Waals surface area contributed by atoms with Crippen LogP contribution in [-0.2, 0) is 30.4 Å². The number of amides is 2. The van der Waals surface area contributed by atoms with Gasteiger partial charge in [-0.05, 0) is 50.1 Å². The van der Waals surface area contributed by atoms with Crippen LogP contribution in [-0.4, -0.2) is 78.1 Å². The van der Waals surface area contributed by atoms with Gasteiger partial charge in [0.1, 0.15) is 17.4 Å². The first-order chi connectivity index (χ1) is 24.9. The summed E-state index contributed by atoms with van der Waals surface area (Å²) in [7, 11) is 1.42. The zero-order valence-corrected chi connectivity index (χ0v) is 30.4. The van der Waals surface area contributed by atoms with Crippen molar-refractivity contribution in [3.05, 3.63) is 76.9 Å². The summed E-state index contributed by atoms with van der Waals surface area (Å²) in [5.41, 5.74) is 1.53. The molecule has 276 valence electrons. The van der Waals surface area contributed by atoms with E-state index in [2.05, 4.69) is 37.6 Å². The van der Waals surface area contributed by atoms with Crippen molar-refractivity contribution in [3.63, 3.8) is 0 Å². The number of carbonyl (C=O) groups is 4. The van der Waals surface area contributed by atoms with E-state index in [1.807, 2.05) is 35.2 Å². The van der Waals surface area contributed by atoms with Crippen molar-refractivity contribution in [1.29, 1.82) is 0 Å². The second-order valence-corrected chi connectivity index (χ2v) is 12.4. The number of esters is 2. The second kappa shape index (κ2) is 20.0. The highest BCUT2D eigenvalue weighted by atomic mass is 16.5. The summed E-state index contributed by atoms with van der Waals surface area (Å²) >= 11 is 0. The van der Waals surface area contributed by atoms with Gasteiger partial charge in [-0.3, -0.25) is 19.7 Å². The normalized spacial score (nSPS) is 11.5. The molecule has 2 amide bonds. The van der Waals surface area contributed by atoms with Gasteiger partial charge in [-0.1, -0.05) is 68.1 Å².